The fourth-order valence-electron chi connectivity index (χ4n) is 4.42. The smallest absolute Gasteiger partial charge is 0.210 e. The summed E-state index contributed by atoms with van der Waals surface area (Å²) in [5, 5.41) is 4.51. The molecule has 8 nitrogen and oxygen atoms in total. The van der Waals surface area contributed by atoms with Gasteiger partial charge in [-0.2, -0.15) is 0 Å². The number of hydrogen-bond donors (Lipinski definition) is 1. The third kappa shape index (κ3) is 11.1. The monoisotopic (exact) mass is 594 g/mol. The van der Waals surface area contributed by atoms with E-state index in [0.29, 0.717) is 23.1 Å². The zero-order chi connectivity index (χ0) is 27.3. The molecule has 0 spiro atoms. The molecule has 0 amide bonds. The van der Waals surface area contributed by atoms with Crippen molar-refractivity contribution in [2.24, 2.45) is 11.8 Å². The maximum Gasteiger partial charge on any atom is 0.210 e. The van der Waals surface area contributed by atoms with Gasteiger partial charge in [0.2, 0.25) is 23.1 Å². The van der Waals surface area contributed by atoms with E-state index in [0.717, 1.165) is 63.7 Å². The second-order valence-corrected chi connectivity index (χ2v) is 11.3. The van der Waals surface area contributed by atoms with Crippen LogP contribution >= 0.6 is 15.9 Å². The summed E-state index contributed by atoms with van der Waals surface area (Å²) < 4.78 is 11.6. The molecule has 2 saturated carbocycles. The van der Waals surface area contributed by atoms with Gasteiger partial charge in [0, 0.05) is 37.4 Å². The van der Waals surface area contributed by atoms with Crippen LogP contribution in [0.3, 0.4) is 0 Å². The fourth-order valence-corrected chi connectivity index (χ4v) is 5.07. The van der Waals surface area contributed by atoms with Gasteiger partial charge >= 0.3 is 0 Å². The molecule has 2 aromatic heterocycles. The average Bonchev–Trinajstić information content (AvgIpc) is 3.92. The van der Waals surface area contributed by atoms with Crippen molar-refractivity contribution in [3.63, 3.8) is 0 Å². The van der Waals surface area contributed by atoms with Crippen molar-refractivity contribution in [1.82, 2.24) is 20.2 Å². The first-order valence-corrected chi connectivity index (χ1v) is 15.3. The first-order valence-electron chi connectivity index (χ1n) is 14.1. The van der Waals surface area contributed by atoms with Crippen molar-refractivity contribution < 1.29 is 9.47 Å². The van der Waals surface area contributed by atoms with E-state index < -0.39 is 0 Å². The Balaban J connectivity index is 0.000000157. The lowest BCUT2D eigenvalue weighted by Crippen LogP contribution is -2.39. The SMILES string of the molecule is BrCC1CC1.[C-]#[N+]c1ccc(OC2CCN(CC3CC3)CC2)nc1.[C-]#[N+]c1ccc(OC2CCNCC2)nc1. The van der Waals surface area contributed by atoms with Gasteiger partial charge in [-0.15, -0.1) is 0 Å². The van der Waals surface area contributed by atoms with Crippen molar-refractivity contribution in [3.8, 4) is 11.8 Å². The summed E-state index contributed by atoms with van der Waals surface area (Å²) in [6.45, 7) is 19.3. The Morgan fingerprint density at radius 2 is 1.28 bits per heavy atom. The number of aromatic nitrogens is 2. The Hall–Kier alpha value is -2.72. The van der Waals surface area contributed by atoms with E-state index in [-0.39, 0.29) is 12.2 Å². The van der Waals surface area contributed by atoms with E-state index in [9.17, 15) is 0 Å². The first kappa shape index (κ1) is 29.3. The molecule has 2 aliphatic carbocycles. The number of halogens is 1. The van der Waals surface area contributed by atoms with Crippen molar-refractivity contribution in [2.45, 2.75) is 63.6 Å². The number of ether oxygens (including phenoxy) is 2. The van der Waals surface area contributed by atoms with Crippen LogP contribution in [0, 0.1) is 25.0 Å². The highest BCUT2D eigenvalue weighted by molar-refractivity contribution is 9.09. The molecule has 4 aliphatic rings. The number of nitrogens with zero attached hydrogens (tertiary/aromatic N) is 5. The molecular weight excluding hydrogens is 556 g/mol. The molecule has 2 aliphatic heterocycles. The topological polar surface area (TPSA) is 68.2 Å². The van der Waals surface area contributed by atoms with E-state index in [4.69, 9.17) is 22.6 Å². The molecule has 6 rings (SSSR count). The highest BCUT2D eigenvalue weighted by atomic mass is 79.9. The Kier molecular flexibility index (Phi) is 11.8. The van der Waals surface area contributed by atoms with Crippen LogP contribution in [0.2, 0.25) is 0 Å². The minimum absolute atomic E-state index is 0.262. The van der Waals surface area contributed by atoms with Gasteiger partial charge in [0.25, 0.3) is 0 Å². The van der Waals surface area contributed by atoms with E-state index in [2.05, 4.69) is 45.8 Å². The Morgan fingerprint density at radius 1 is 0.769 bits per heavy atom. The van der Waals surface area contributed by atoms with Crippen LogP contribution in [-0.4, -0.2) is 65.1 Å². The molecule has 0 aromatic carbocycles. The molecule has 2 saturated heterocycles. The normalized spacial score (nSPS) is 19.8. The van der Waals surface area contributed by atoms with Crippen LogP contribution in [-0.2, 0) is 0 Å². The highest BCUT2D eigenvalue weighted by Gasteiger charge is 2.27. The van der Waals surface area contributed by atoms with Gasteiger partial charge in [-0.1, -0.05) is 15.9 Å². The lowest BCUT2D eigenvalue weighted by molar-refractivity contribution is 0.0945. The number of alkyl halides is 1. The second-order valence-electron chi connectivity index (χ2n) is 10.7. The van der Waals surface area contributed by atoms with E-state index in [1.165, 1.54) is 37.6 Å². The van der Waals surface area contributed by atoms with Crippen LogP contribution in [0.15, 0.2) is 36.7 Å². The minimum Gasteiger partial charge on any atom is -0.474 e. The third-order valence-electron chi connectivity index (χ3n) is 7.22. The molecule has 1 N–H and O–H groups in total. The molecule has 208 valence electrons. The van der Waals surface area contributed by atoms with Crippen LogP contribution in [0.1, 0.15) is 51.4 Å². The van der Waals surface area contributed by atoms with Gasteiger partial charge < -0.3 is 19.7 Å². The van der Waals surface area contributed by atoms with E-state index in [1.54, 1.807) is 36.7 Å². The molecule has 2 aromatic rings. The third-order valence-corrected chi connectivity index (χ3v) is 8.14. The average molecular weight is 596 g/mol. The van der Waals surface area contributed by atoms with Gasteiger partial charge in [-0.05, 0) is 101 Å². The molecular formula is C30H39BrN6O2. The highest BCUT2D eigenvalue weighted by Crippen LogP contribution is 2.31. The van der Waals surface area contributed by atoms with Crippen molar-refractivity contribution >= 4 is 27.3 Å². The van der Waals surface area contributed by atoms with Crippen LogP contribution in [0.4, 0.5) is 11.4 Å². The zero-order valence-electron chi connectivity index (χ0n) is 22.6. The van der Waals surface area contributed by atoms with Gasteiger partial charge in [-0.25, -0.2) is 19.7 Å². The summed E-state index contributed by atoms with van der Waals surface area (Å²) in [5.74, 6) is 3.29. The van der Waals surface area contributed by atoms with Crippen LogP contribution in [0.25, 0.3) is 9.69 Å². The molecule has 0 radical (unpaired) electrons. The van der Waals surface area contributed by atoms with E-state index >= 15 is 0 Å². The number of hydrogen-bond acceptors (Lipinski definition) is 6. The summed E-state index contributed by atoms with van der Waals surface area (Å²) in [5.41, 5.74) is 1.11. The first-order chi connectivity index (χ1) is 19.1. The predicted molar refractivity (Wildman–Crippen MR) is 157 cm³/mol. The molecule has 0 unspecified atom stereocenters. The lowest BCUT2D eigenvalue weighted by Gasteiger charge is -2.31. The second kappa shape index (κ2) is 15.8. The maximum absolute atomic E-state index is 6.89. The Labute approximate surface area is 241 Å². The van der Waals surface area contributed by atoms with E-state index in [1.807, 2.05) is 0 Å². The molecule has 9 heteroatoms. The zero-order valence-corrected chi connectivity index (χ0v) is 24.2. The van der Waals surface area contributed by atoms with Crippen molar-refractivity contribution in [1.29, 1.82) is 0 Å². The molecule has 0 bridgehead atoms. The fraction of sp³-hybridized carbons (Fsp3) is 0.600. The lowest BCUT2D eigenvalue weighted by atomic mass is 10.1. The van der Waals surface area contributed by atoms with Gasteiger partial charge in [0.1, 0.15) is 12.2 Å². The predicted octanol–water partition coefficient (Wildman–Crippen LogP) is 6.44. The number of likely N-dealkylation sites (tertiary alicyclic amines) is 1. The summed E-state index contributed by atoms with van der Waals surface area (Å²) >= 11 is 3.38. The summed E-state index contributed by atoms with van der Waals surface area (Å²) in [6.07, 6.45) is 13.6. The Morgan fingerprint density at radius 3 is 1.67 bits per heavy atom. The number of rotatable bonds is 7. The quantitative estimate of drug-likeness (QED) is 0.294. The van der Waals surface area contributed by atoms with Gasteiger partial charge in [-0.3, -0.25) is 0 Å². The van der Waals surface area contributed by atoms with Crippen molar-refractivity contribution in [2.75, 3.05) is 38.1 Å². The Bertz CT molecular complexity index is 1060. The van der Waals surface area contributed by atoms with Crippen molar-refractivity contribution in [3.05, 3.63) is 59.5 Å². The van der Waals surface area contributed by atoms with Gasteiger partial charge in [0.15, 0.2) is 0 Å². The number of nitrogens with one attached hydrogen (secondary N) is 1. The minimum atomic E-state index is 0.262. The molecule has 4 heterocycles. The molecule has 0 atom stereocenters. The summed E-state index contributed by atoms with van der Waals surface area (Å²) in [4.78, 5) is 17.4. The van der Waals surface area contributed by atoms with Crippen LogP contribution in [0.5, 0.6) is 11.8 Å². The largest absolute Gasteiger partial charge is 0.474 e. The number of piperidine rings is 2. The summed E-state index contributed by atoms with van der Waals surface area (Å²) in [7, 11) is 0. The summed E-state index contributed by atoms with van der Waals surface area (Å²) in [6, 6.07) is 7.05. The van der Waals surface area contributed by atoms with Crippen LogP contribution < -0.4 is 14.8 Å². The van der Waals surface area contributed by atoms with Gasteiger partial charge in [0.05, 0.1) is 13.1 Å². The molecule has 39 heavy (non-hydrogen) atoms. The molecule has 4 fully saturated rings. The number of pyridine rings is 2. The standard InChI is InChI=1S/C15H19N3O.C11H13N3O.C4H7Br/c1-16-13-4-5-15(17-10-13)19-14-6-8-18(9-7-14)11-12-2-3-12;1-12-9-2-3-11(14-8-9)15-10-4-6-13-7-5-10;5-3-4-1-2-4/h4-5,10,12,14H,2-3,6-9,11H2;2-3,8,10,13H,4-7H2;4H,1-3H2. The maximum atomic E-state index is 6.89.